The van der Waals surface area contributed by atoms with Crippen molar-refractivity contribution in [3.8, 4) is 0 Å². The molecule has 0 bridgehead atoms. The number of aromatic nitrogens is 2. The summed E-state index contributed by atoms with van der Waals surface area (Å²) < 4.78 is 0. The maximum absolute atomic E-state index is 5.80. The fourth-order valence-corrected chi connectivity index (χ4v) is 2.02. The minimum absolute atomic E-state index is 0.219. The Bertz CT molecular complexity index is 503. The van der Waals surface area contributed by atoms with Crippen molar-refractivity contribution in [3.05, 3.63) is 36.3 Å². The van der Waals surface area contributed by atoms with E-state index in [1.54, 1.807) is 6.20 Å². The van der Waals surface area contributed by atoms with Gasteiger partial charge < -0.3 is 5.73 Å². The van der Waals surface area contributed by atoms with E-state index < -0.39 is 0 Å². The molecule has 0 atom stereocenters. The molecule has 2 heterocycles. The molecule has 3 rings (SSSR count). The molecule has 2 aromatic heterocycles. The average Bonchev–Trinajstić information content (AvgIpc) is 3.09. The van der Waals surface area contributed by atoms with Crippen LogP contribution in [0.1, 0.15) is 18.4 Å². The molecule has 1 aliphatic carbocycles. The summed E-state index contributed by atoms with van der Waals surface area (Å²) in [5.74, 6) is 0. The molecule has 0 aliphatic heterocycles. The Morgan fingerprint density at radius 2 is 2.20 bits per heavy atom. The number of fused-ring (bicyclic) bond motifs is 1. The van der Waals surface area contributed by atoms with Gasteiger partial charge in [0.1, 0.15) is 0 Å². The molecule has 0 radical (unpaired) electrons. The zero-order chi connectivity index (χ0) is 10.3. The Balaban J connectivity index is 2.14. The van der Waals surface area contributed by atoms with Crippen LogP contribution in [0.15, 0.2) is 30.7 Å². The van der Waals surface area contributed by atoms with Crippen LogP contribution in [0.4, 0.5) is 0 Å². The summed E-state index contributed by atoms with van der Waals surface area (Å²) in [5.41, 5.74) is 8.29. The van der Waals surface area contributed by atoms with E-state index in [2.05, 4.69) is 16.0 Å². The second-order valence-corrected chi connectivity index (χ2v) is 4.28. The van der Waals surface area contributed by atoms with Gasteiger partial charge in [-0.2, -0.15) is 0 Å². The Morgan fingerprint density at radius 1 is 1.33 bits per heavy atom. The number of hydrogen-bond donors (Lipinski definition) is 1. The average molecular weight is 199 g/mol. The second kappa shape index (κ2) is 3.00. The first-order chi connectivity index (χ1) is 7.34. The van der Waals surface area contributed by atoms with Crippen molar-refractivity contribution in [3.63, 3.8) is 0 Å². The van der Waals surface area contributed by atoms with Gasteiger partial charge in [0.25, 0.3) is 0 Å². The van der Waals surface area contributed by atoms with Gasteiger partial charge in [-0.1, -0.05) is 0 Å². The lowest BCUT2D eigenvalue weighted by Crippen LogP contribution is -2.19. The SMILES string of the molecule is NCC1(c2cnc3ccncc3c2)CC1. The van der Waals surface area contributed by atoms with Crippen molar-refractivity contribution < 1.29 is 0 Å². The van der Waals surface area contributed by atoms with Gasteiger partial charge in [0.05, 0.1) is 5.52 Å². The van der Waals surface area contributed by atoms with Crippen molar-refractivity contribution >= 4 is 10.9 Å². The van der Waals surface area contributed by atoms with Gasteiger partial charge in [-0.3, -0.25) is 9.97 Å². The molecular formula is C12H13N3. The fourth-order valence-electron chi connectivity index (χ4n) is 2.02. The van der Waals surface area contributed by atoms with Crippen molar-refractivity contribution in [1.82, 2.24) is 9.97 Å². The molecule has 2 N–H and O–H groups in total. The lowest BCUT2D eigenvalue weighted by molar-refractivity contribution is 0.702. The molecule has 1 saturated carbocycles. The minimum Gasteiger partial charge on any atom is -0.330 e. The smallest absolute Gasteiger partial charge is 0.0732 e. The first-order valence-electron chi connectivity index (χ1n) is 5.24. The quantitative estimate of drug-likeness (QED) is 0.799. The summed E-state index contributed by atoms with van der Waals surface area (Å²) in [6.45, 7) is 0.723. The first-order valence-corrected chi connectivity index (χ1v) is 5.24. The Morgan fingerprint density at radius 3 is 2.93 bits per heavy atom. The number of hydrogen-bond acceptors (Lipinski definition) is 3. The Hall–Kier alpha value is -1.48. The highest BCUT2D eigenvalue weighted by molar-refractivity contribution is 5.78. The molecule has 3 heteroatoms. The van der Waals surface area contributed by atoms with Crippen LogP contribution in [0.3, 0.4) is 0 Å². The normalized spacial score (nSPS) is 17.9. The second-order valence-electron chi connectivity index (χ2n) is 4.28. The van der Waals surface area contributed by atoms with Gasteiger partial charge in [0.2, 0.25) is 0 Å². The van der Waals surface area contributed by atoms with E-state index in [1.165, 1.54) is 18.4 Å². The molecule has 1 fully saturated rings. The zero-order valence-electron chi connectivity index (χ0n) is 8.48. The summed E-state index contributed by atoms with van der Waals surface area (Å²) in [5, 5.41) is 1.11. The number of nitrogens with zero attached hydrogens (tertiary/aromatic N) is 2. The highest BCUT2D eigenvalue weighted by Gasteiger charge is 2.43. The molecule has 76 valence electrons. The third-order valence-corrected chi connectivity index (χ3v) is 3.34. The van der Waals surface area contributed by atoms with E-state index in [4.69, 9.17) is 5.73 Å². The minimum atomic E-state index is 0.219. The van der Waals surface area contributed by atoms with Crippen LogP contribution in [0, 0.1) is 0 Å². The van der Waals surface area contributed by atoms with E-state index in [-0.39, 0.29) is 5.41 Å². The first kappa shape index (κ1) is 8.80. The zero-order valence-corrected chi connectivity index (χ0v) is 8.48. The standard InChI is InChI=1S/C12H13N3/c13-8-12(2-3-12)10-5-9-6-14-4-1-11(9)15-7-10/h1,4-7H,2-3,8,13H2. The van der Waals surface area contributed by atoms with Crippen molar-refractivity contribution in [2.75, 3.05) is 6.54 Å². The predicted molar refractivity (Wildman–Crippen MR) is 59.5 cm³/mol. The van der Waals surface area contributed by atoms with Crippen molar-refractivity contribution in [2.24, 2.45) is 5.73 Å². The molecule has 15 heavy (non-hydrogen) atoms. The topological polar surface area (TPSA) is 51.8 Å². The van der Waals surface area contributed by atoms with Gasteiger partial charge in [-0.15, -0.1) is 0 Å². The van der Waals surface area contributed by atoms with Gasteiger partial charge in [0, 0.05) is 35.9 Å². The predicted octanol–water partition coefficient (Wildman–Crippen LogP) is 1.62. The van der Waals surface area contributed by atoms with E-state index >= 15 is 0 Å². The number of nitrogens with two attached hydrogens (primary N) is 1. The summed E-state index contributed by atoms with van der Waals surface area (Å²) >= 11 is 0. The molecule has 0 spiro atoms. The summed E-state index contributed by atoms with van der Waals surface area (Å²) in [7, 11) is 0. The van der Waals surface area contributed by atoms with Gasteiger partial charge in [0.15, 0.2) is 0 Å². The molecule has 1 aliphatic rings. The van der Waals surface area contributed by atoms with Gasteiger partial charge in [-0.05, 0) is 30.5 Å². The van der Waals surface area contributed by atoms with Gasteiger partial charge in [-0.25, -0.2) is 0 Å². The summed E-state index contributed by atoms with van der Waals surface area (Å²) in [6, 6.07) is 4.11. The Labute approximate surface area is 88.3 Å². The van der Waals surface area contributed by atoms with Crippen molar-refractivity contribution in [2.45, 2.75) is 18.3 Å². The lowest BCUT2D eigenvalue weighted by atomic mass is 9.97. The van der Waals surface area contributed by atoms with Crippen LogP contribution >= 0.6 is 0 Å². The molecule has 3 nitrogen and oxygen atoms in total. The monoisotopic (exact) mass is 199 g/mol. The third kappa shape index (κ3) is 1.31. The highest BCUT2D eigenvalue weighted by atomic mass is 14.7. The number of pyridine rings is 2. The van der Waals surface area contributed by atoms with Gasteiger partial charge >= 0.3 is 0 Å². The molecular weight excluding hydrogens is 186 g/mol. The maximum atomic E-state index is 5.80. The number of rotatable bonds is 2. The molecule has 2 aromatic rings. The molecule has 0 unspecified atom stereocenters. The molecule has 0 aromatic carbocycles. The Kier molecular flexibility index (Phi) is 1.76. The largest absolute Gasteiger partial charge is 0.330 e. The van der Waals surface area contributed by atoms with Crippen LogP contribution in [0.25, 0.3) is 10.9 Å². The molecule has 0 saturated heterocycles. The van der Waals surface area contributed by atoms with E-state index in [9.17, 15) is 0 Å². The van der Waals surface area contributed by atoms with Crippen LogP contribution in [0.2, 0.25) is 0 Å². The van der Waals surface area contributed by atoms with Crippen LogP contribution in [-0.4, -0.2) is 16.5 Å². The van der Waals surface area contributed by atoms with Crippen LogP contribution < -0.4 is 5.73 Å². The van der Waals surface area contributed by atoms with Crippen molar-refractivity contribution in [1.29, 1.82) is 0 Å². The van der Waals surface area contributed by atoms with E-state index in [0.29, 0.717) is 0 Å². The van der Waals surface area contributed by atoms with E-state index in [0.717, 1.165) is 17.4 Å². The third-order valence-electron chi connectivity index (χ3n) is 3.34. The maximum Gasteiger partial charge on any atom is 0.0732 e. The highest BCUT2D eigenvalue weighted by Crippen LogP contribution is 2.47. The fraction of sp³-hybridized carbons (Fsp3) is 0.333. The summed E-state index contributed by atoms with van der Waals surface area (Å²) in [6.07, 6.45) is 7.97. The van der Waals surface area contributed by atoms with E-state index in [1.807, 2.05) is 18.5 Å². The molecule has 0 amide bonds. The van der Waals surface area contributed by atoms with Crippen LogP contribution in [0.5, 0.6) is 0 Å². The summed E-state index contributed by atoms with van der Waals surface area (Å²) in [4.78, 5) is 8.55. The van der Waals surface area contributed by atoms with Crippen LogP contribution in [-0.2, 0) is 5.41 Å². The lowest BCUT2D eigenvalue weighted by Gasteiger charge is -2.12.